The minimum Gasteiger partial charge on any atom is -0.333 e. The monoisotopic (exact) mass is 445 g/mol. The first-order chi connectivity index (χ1) is 14.9. The zero-order chi connectivity index (χ0) is 22.0. The molecule has 0 radical (unpaired) electrons. The minimum atomic E-state index is -3.90. The molecule has 2 saturated heterocycles. The van der Waals surface area contributed by atoms with E-state index in [2.05, 4.69) is 11.9 Å². The molecule has 0 unspecified atom stereocenters. The number of carbonyl (C=O) groups is 1. The van der Waals surface area contributed by atoms with E-state index in [4.69, 9.17) is 0 Å². The smallest absolute Gasteiger partial charge is 0.245 e. The van der Waals surface area contributed by atoms with Gasteiger partial charge >= 0.3 is 0 Å². The first kappa shape index (κ1) is 21.9. The lowest BCUT2D eigenvalue weighted by Crippen LogP contribution is -2.52. The van der Waals surface area contributed by atoms with Gasteiger partial charge in [-0.05, 0) is 37.6 Å². The predicted molar refractivity (Wildman–Crippen MR) is 116 cm³/mol. The Morgan fingerprint density at radius 3 is 2.26 bits per heavy atom. The van der Waals surface area contributed by atoms with Crippen LogP contribution in [0.4, 0.5) is 4.39 Å². The number of rotatable bonds is 4. The van der Waals surface area contributed by atoms with Crippen LogP contribution in [0.3, 0.4) is 0 Å². The second kappa shape index (κ2) is 9.06. The molecule has 2 heterocycles. The third-order valence-corrected chi connectivity index (χ3v) is 8.24. The first-order valence-corrected chi connectivity index (χ1v) is 12.1. The number of piperidine rings is 1. The molecule has 1 amide bonds. The van der Waals surface area contributed by atoms with E-state index in [0.717, 1.165) is 24.7 Å². The normalized spacial score (nSPS) is 21.9. The van der Waals surface area contributed by atoms with Crippen molar-refractivity contribution in [3.8, 4) is 0 Å². The van der Waals surface area contributed by atoms with Crippen LogP contribution in [0.5, 0.6) is 0 Å². The van der Waals surface area contributed by atoms with E-state index in [-0.39, 0.29) is 35.9 Å². The van der Waals surface area contributed by atoms with Crippen molar-refractivity contribution < 1.29 is 17.6 Å². The van der Waals surface area contributed by atoms with Crippen LogP contribution in [0, 0.1) is 11.7 Å². The summed E-state index contributed by atoms with van der Waals surface area (Å²) in [6.07, 6.45) is 0.890. The fraction of sp³-hybridized carbons (Fsp3) is 0.435. The van der Waals surface area contributed by atoms with Gasteiger partial charge in [0.2, 0.25) is 15.9 Å². The summed E-state index contributed by atoms with van der Waals surface area (Å²) in [6, 6.07) is 15.5. The number of amides is 1. The Morgan fingerprint density at radius 1 is 0.935 bits per heavy atom. The van der Waals surface area contributed by atoms with Crippen LogP contribution in [0.1, 0.15) is 24.4 Å². The number of hydrogen-bond donors (Lipinski definition) is 0. The maximum Gasteiger partial charge on any atom is 0.245 e. The number of piperazine rings is 1. The average molecular weight is 446 g/mol. The Morgan fingerprint density at radius 2 is 1.58 bits per heavy atom. The zero-order valence-electron chi connectivity index (χ0n) is 17.7. The van der Waals surface area contributed by atoms with E-state index in [1.165, 1.54) is 22.5 Å². The molecule has 2 fully saturated rings. The molecule has 6 nitrogen and oxygen atoms in total. The van der Waals surface area contributed by atoms with Gasteiger partial charge in [-0.2, -0.15) is 4.31 Å². The van der Waals surface area contributed by atoms with Gasteiger partial charge in [0.1, 0.15) is 10.7 Å². The summed E-state index contributed by atoms with van der Waals surface area (Å²) in [4.78, 5) is 17.3. The lowest BCUT2D eigenvalue weighted by molar-refractivity contribution is -0.141. The quantitative estimate of drug-likeness (QED) is 0.726. The largest absolute Gasteiger partial charge is 0.333 e. The molecule has 1 atom stereocenters. The molecule has 0 aliphatic carbocycles. The van der Waals surface area contributed by atoms with Crippen molar-refractivity contribution in [3.63, 3.8) is 0 Å². The van der Waals surface area contributed by atoms with Crippen LogP contribution in [-0.4, -0.2) is 68.2 Å². The van der Waals surface area contributed by atoms with Crippen LogP contribution in [0.2, 0.25) is 0 Å². The Hall–Kier alpha value is -2.29. The number of carbonyl (C=O) groups excluding carboxylic acids is 1. The van der Waals surface area contributed by atoms with Crippen LogP contribution < -0.4 is 0 Å². The second-order valence-corrected chi connectivity index (χ2v) is 10.2. The minimum absolute atomic E-state index is 0.00683. The van der Waals surface area contributed by atoms with Gasteiger partial charge in [0.25, 0.3) is 0 Å². The Kier molecular flexibility index (Phi) is 6.41. The first-order valence-electron chi connectivity index (χ1n) is 10.7. The Labute approximate surface area is 183 Å². The standard InChI is InChI=1S/C23H28FN3O3S/c1-25-15-16-27(21(17-25)18-7-3-2-4-8-18)23(28)19-11-13-26(14-12-19)31(29,30)22-10-6-5-9-20(22)24/h2-10,19,21H,11-17H2,1H3/t21-/m1/s1. The molecular weight excluding hydrogens is 417 g/mol. The van der Waals surface area contributed by atoms with Gasteiger partial charge in [0.15, 0.2) is 0 Å². The third kappa shape index (κ3) is 4.51. The molecule has 8 heteroatoms. The van der Waals surface area contributed by atoms with Crippen molar-refractivity contribution in [2.24, 2.45) is 5.92 Å². The summed E-state index contributed by atoms with van der Waals surface area (Å²) in [5.74, 6) is -0.879. The van der Waals surface area contributed by atoms with E-state index >= 15 is 0 Å². The maximum absolute atomic E-state index is 14.1. The fourth-order valence-electron chi connectivity index (χ4n) is 4.51. The van der Waals surface area contributed by atoms with Gasteiger partial charge in [0.05, 0.1) is 6.04 Å². The van der Waals surface area contributed by atoms with Crippen LogP contribution in [0.25, 0.3) is 0 Å². The van der Waals surface area contributed by atoms with E-state index in [0.29, 0.717) is 19.4 Å². The summed E-state index contributed by atoms with van der Waals surface area (Å²) in [5.41, 5.74) is 1.11. The Balaban J connectivity index is 1.46. The van der Waals surface area contributed by atoms with Crippen LogP contribution >= 0.6 is 0 Å². The van der Waals surface area contributed by atoms with Gasteiger partial charge in [-0.1, -0.05) is 42.5 Å². The summed E-state index contributed by atoms with van der Waals surface area (Å²) in [7, 11) is -1.84. The molecular formula is C23H28FN3O3S. The van der Waals surface area contributed by atoms with Crippen molar-refractivity contribution in [1.82, 2.24) is 14.1 Å². The van der Waals surface area contributed by atoms with Gasteiger partial charge < -0.3 is 9.80 Å². The topological polar surface area (TPSA) is 60.9 Å². The fourth-order valence-corrected chi connectivity index (χ4v) is 6.05. The zero-order valence-corrected chi connectivity index (χ0v) is 18.5. The summed E-state index contributed by atoms with van der Waals surface area (Å²) >= 11 is 0. The highest BCUT2D eigenvalue weighted by Crippen LogP contribution is 2.31. The highest BCUT2D eigenvalue weighted by molar-refractivity contribution is 7.89. The van der Waals surface area contributed by atoms with Crippen molar-refractivity contribution in [3.05, 3.63) is 66.0 Å². The third-order valence-electron chi connectivity index (χ3n) is 6.31. The Bertz CT molecular complexity index is 1020. The number of nitrogens with zero attached hydrogens (tertiary/aromatic N) is 3. The highest BCUT2D eigenvalue weighted by Gasteiger charge is 2.38. The number of sulfonamides is 1. The molecule has 4 rings (SSSR count). The van der Waals surface area contributed by atoms with Gasteiger partial charge in [-0.3, -0.25) is 4.79 Å². The number of halogens is 1. The number of hydrogen-bond acceptors (Lipinski definition) is 4. The molecule has 0 bridgehead atoms. The predicted octanol–water partition coefficient (Wildman–Crippen LogP) is 2.74. The van der Waals surface area contributed by atoms with Crippen LogP contribution in [-0.2, 0) is 14.8 Å². The van der Waals surface area contributed by atoms with E-state index in [9.17, 15) is 17.6 Å². The SMILES string of the molecule is CN1CCN(C(=O)C2CCN(S(=O)(=O)c3ccccc3F)CC2)[C@@H](c2ccccc2)C1. The summed E-state index contributed by atoms with van der Waals surface area (Å²) in [6.45, 7) is 2.68. The highest BCUT2D eigenvalue weighted by atomic mass is 32.2. The van der Waals surface area contributed by atoms with Crippen molar-refractivity contribution in [2.75, 3.05) is 39.8 Å². The molecule has 31 heavy (non-hydrogen) atoms. The lowest BCUT2D eigenvalue weighted by Gasteiger charge is -2.43. The molecule has 0 saturated carbocycles. The van der Waals surface area contributed by atoms with Crippen LogP contribution in [0.15, 0.2) is 59.5 Å². The molecule has 0 aromatic heterocycles. The van der Waals surface area contributed by atoms with Crippen molar-refractivity contribution in [1.29, 1.82) is 0 Å². The summed E-state index contributed by atoms with van der Waals surface area (Å²) < 4.78 is 41.0. The second-order valence-electron chi connectivity index (χ2n) is 8.33. The number of benzene rings is 2. The van der Waals surface area contributed by atoms with Gasteiger partial charge in [0, 0.05) is 38.6 Å². The van der Waals surface area contributed by atoms with E-state index in [1.54, 1.807) is 0 Å². The lowest BCUT2D eigenvalue weighted by atomic mass is 9.94. The molecule has 2 aliphatic rings. The molecule has 2 aromatic carbocycles. The van der Waals surface area contributed by atoms with Gasteiger partial charge in [-0.25, -0.2) is 12.8 Å². The maximum atomic E-state index is 14.1. The van der Waals surface area contributed by atoms with Gasteiger partial charge in [-0.15, -0.1) is 0 Å². The van der Waals surface area contributed by atoms with E-state index < -0.39 is 15.8 Å². The molecule has 2 aliphatic heterocycles. The molecule has 166 valence electrons. The average Bonchev–Trinajstić information content (AvgIpc) is 2.79. The van der Waals surface area contributed by atoms with Crippen molar-refractivity contribution >= 4 is 15.9 Å². The van der Waals surface area contributed by atoms with Crippen molar-refractivity contribution in [2.45, 2.75) is 23.8 Å². The molecule has 2 aromatic rings. The molecule has 0 spiro atoms. The summed E-state index contributed by atoms with van der Waals surface area (Å²) in [5, 5.41) is 0. The number of likely N-dealkylation sites (N-methyl/N-ethyl adjacent to an activating group) is 1. The van der Waals surface area contributed by atoms with E-state index in [1.807, 2.05) is 35.2 Å². The molecule has 0 N–H and O–H groups in total.